The van der Waals surface area contributed by atoms with Crippen molar-refractivity contribution in [2.24, 2.45) is 0 Å². The van der Waals surface area contributed by atoms with Crippen LogP contribution in [0.5, 0.6) is 0 Å². The molecule has 2 aromatic rings. The van der Waals surface area contributed by atoms with Crippen LogP contribution >= 0.6 is 11.3 Å². The molecule has 0 atom stereocenters. The second kappa shape index (κ2) is 6.79. The Balaban J connectivity index is 1.73. The lowest BCUT2D eigenvalue weighted by Gasteiger charge is -2.11. The number of carboxylic acids is 1. The van der Waals surface area contributed by atoms with E-state index in [1.54, 1.807) is 18.3 Å². The predicted molar refractivity (Wildman–Crippen MR) is 96.2 cm³/mol. The summed E-state index contributed by atoms with van der Waals surface area (Å²) in [6.07, 6.45) is 6.22. The van der Waals surface area contributed by atoms with Crippen molar-refractivity contribution in [3.8, 4) is 11.5 Å². The lowest BCUT2D eigenvalue weighted by molar-refractivity contribution is -0.133. The smallest absolute Gasteiger partial charge is 0.331 e. The van der Waals surface area contributed by atoms with Crippen molar-refractivity contribution in [1.82, 2.24) is 10.1 Å². The van der Waals surface area contributed by atoms with E-state index in [-0.39, 0.29) is 17.8 Å². The molecule has 1 N–H and O–H groups in total. The van der Waals surface area contributed by atoms with Crippen LogP contribution in [0.3, 0.4) is 0 Å². The van der Waals surface area contributed by atoms with Gasteiger partial charge in [0, 0.05) is 27.3 Å². The standard InChI is InChI=1S/C19H20N2O4S/c1-10-20-18(25-21-10)17-13-5-2-3-8-15(13)26-16(17)9-14(22)11-6-4-7-12(11)19(23)24/h2-9H2,1H3,(H,23,24). The van der Waals surface area contributed by atoms with Crippen LogP contribution in [0.2, 0.25) is 0 Å². The van der Waals surface area contributed by atoms with E-state index in [4.69, 9.17) is 4.52 Å². The molecule has 6 nitrogen and oxygen atoms in total. The molecule has 0 bridgehead atoms. The van der Waals surface area contributed by atoms with Crippen molar-refractivity contribution in [3.63, 3.8) is 0 Å². The lowest BCUT2D eigenvalue weighted by atomic mass is 9.93. The summed E-state index contributed by atoms with van der Waals surface area (Å²) in [7, 11) is 0. The molecular formula is C19H20N2O4S. The Hall–Kier alpha value is -2.28. The fourth-order valence-electron chi connectivity index (χ4n) is 3.93. The Morgan fingerprint density at radius 1 is 1.12 bits per heavy atom. The molecule has 136 valence electrons. The number of aromatic nitrogens is 2. The quantitative estimate of drug-likeness (QED) is 0.861. The Bertz CT molecular complexity index is 922. The normalized spacial score (nSPS) is 16.8. The first-order chi connectivity index (χ1) is 12.5. The Morgan fingerprint density at radius 3 is 2.62 bits per heavy atom. The Kier molecular flexibility index (Phi) is 4.48. The summed E-state index contributed by atoms with van der Waals surface area (Å²) in [5.74, 6) is -0.0108. The molecule has 0 amide bonds. The number of aliphatic carboxylic acids is 1. The molecule has 0 aromatic carbocycles. The van der Waals surface area contributed by atoms with Gasteiger partial charge in [-0.25, -0.2) is 4.79 Å². The van der Waals surface area contributed by atoms with Gasteiger partial charge in [-0.15, -0.1) is 11.3 Å². The number of allylic oxidation sites excluding steroid dienone is 1. The molecule has 0 fully saturated rings. The van der Waals surface area contributed by atoms with Crippen LogP contribution in [-0.4, -0.2) is 27.0 Å². The molecule has 2 aliphatic carbocycles. The molecule has 0 saturated heterocycles. The maximum absolute atomic E-state index is 12.8. The third-order valence-electron chi connectivity index (χ3n) is 5.12. The van der Waals surface area contributed by atoms with Gasteiger partial charge in [-0.1, -0.05) is 5.16 Å². The summed E-state index contributed by atoms with van der Waals surface area (Å²) in [6, 6.07) is 0. The monoisotopic (exact) mass is 372 g/mol. The molecule has 2 aromatic heterocycles. The molecule has 2 aliphatic rings. The maximum Gasteiger partial charge on any atom is 0.331 e. The molecule has 0 unspecified atom stereocenters. The van der Waals surface area contributed by atoms with Gasteiger partial charge in [0.15, 0.2) is 11.6 Å². The summed E-state index contributed by atoms with van der Waals surface area (Å²) in [4.78, 5) is 30.8. The zero-order chi connectivity index (χ0) is 18.3. The van der Waals surface area contributed by atoms with Crippen molar-refractivity contribution in [3.05, 3.63) is 32.3 Å². The highest BCUT2D eigenvalue weighted by molar-refractivity contribution is 7.12. The number of hydrogen-bond donors (Lipinski definition) is 1. The first kappa shape index (κ1) is 17.1. The number of ketones is 1. The van der Waals surface area contributed by atoms with Crippen molar-refractivity contribution < 1.29 is 19.2 Å². The summed E-state index contributed by atoms with van der Waals surface area (Å²) >= 11 is 1.64. The van der Waals surface area contributed by atoms with Crippen LogP contribution in [0, 0.1) is 6.92 Å². The highest BCUT2D eigenvalue weighted by Crippen LogP contribution is 2.41. The first-order valence-electron chi connectivity index (χ1n) is 8.97. The number of carbonyl (C=O) groups is 2. The number of nitrogens with zero attached hydrogens (tertiary/aromatic N) is 2. The number of fused-ring (bicyclic) bond motifs is 1. The maximum atomic E-state index is 12.8. The lowest BCUT2D eigenvalue weighted by Crippen LogP contribution is -2.10. The second-order valence-corrected chi connectivity index (χ2v) is 8.06. The molecular weight excluding hydrogens is 352 g/mol. The van der Waals surface area contributed by atoms with Gasteiger partial charge in [0.05, 0.1) is 5.56 Å². The van der Waals surface area contributed by atoms with Crippen molar-refractivity contribution in [2.45, 2.75) is 58.3 Å². The SMILES string of the molecule is Cc1noc(-c2c(CC(=O)C3=C(C(=O)O)CCC3)sc3c2CCCC3)n1. The minimum absolute atomic E-state index is 0.0871. The highest BCUT2D eigenvalue weighted by atomic mass is 32.1. The number of Topliss-reactive ketones (excluding diaryl/α,β-unsaturated/α-hetero) is 1. The fraction of sp³-hybridized carbons (Fsp3) is 0.474. The van der Waals surface area contributed by atoms with Crippen LogP contribution in [0.15, 0.2) is 15.7 Å². The molecule has 26 heavy (non-hydrogen) atoms. The van der Waals surface area contributed by atoms with Crippen LogP contribution in [0.25, 0.3) is 11.5 Å². The van der Waals surface area contributed by atoms with Crippen LogP contribution < -0.4 is 0 Å². The van der Waals surface area contributed by atoms with Crippen molar-refractivity contribution in [2.75, 3.05) is 0 Å². The highest BCUT2D eigenvalue weighted by Gasteiger charge is 2.29. The second-order valence-electron chi connectivity index (χ2n) is 6.87. The molecule has 4 rings (SSSR count). The van der Waals surface area contributed by atoms with Gasteiger partial charge in [0.2, 0.25) is 0 Å². The zero-order valence-corrected chi connectivity index (χ0v) is 15.4. The first-order valence-corrected chi connectivity index (χ1v) is 9.79. The van der Waals surface area contributed by atoms with E-state index in [0.29, 0.717) is 30.1 Å². The molecule has 0 saturated carbocycles. The van der Waals surface area contributed by atoms with Crippen molar-refractivity contribution in [1.29, 1.82) is 0 Å². The van der Waals surface area contributed by atoms with E-state index in [1.165, 1.54) is 10.4 Å². The van der Waals surface area contributed by atoms with E-state index in [9.17, 15) is 14.7 Å². The number of hydrogen-bond acceptors (Lipinski definition) is 6. The van der Waals surface area contributed by atoms with Gasteiger partial charge >= 0.3 is 5.97 Å². The topological polar surface area (TPSA) is 93.3 Å². The van der Waals surface area contributed by atoms with E-state index >= 15 is 0 Å². The van der Waals surface area contributed by atoms with E-state index in [0.717, 1.165) is 42.5 Å². The number of aryl methyl sites for hydroxylation is 2. The summed E-state index contributed by atoms with van der Waals surface area (Å²) in [5, 5.41) is 13.2. The van der Waals surface area contributed by atoms with Crippen LogP contribution in [0.1, 0.15) is 53.2 Å². The number of rotatable bonds is 5. The summed E-state index contributed by atoms with van der Waals surface area (Å²) < 4.78 is 5.41. The summed E-state index contributed by atoms with van der Waals surface area (Å²) in [6.45, 7) is 1.78. The van der Waals surface area contributed by atoms with Gasteiger partial charge in [0.1, 0.15) is 0 Å². The third-order valence-corrected chi connectivity index (χ3v) is 6.41. The number of carbonyl (C=O) groups excluding carboxylic acids is 1. The van der Waals surface area contributed by atoms with E-state index < -0.39 is 5.97 Å². The average molecular weight is 372 g/mol. The van der Waals surface area contributed by atoms with E-state index in [2.05, 4.69) is 10.1 Å². The van der Waals surface area contributed by atoms with Crippen LogP contribution in [-0.2, 0) is 28.9 Å². The zero-order valence-electron chi connectivity index (χ0n) is 14.6. The predicted octanol–water partition coefficient (Wildman–Crippen LogP) is 3.66. The van der Waals surface area contributed by atoms with Gasteiger partial charge in [-0.2, -0.15) is 4.98 Å². The van der Waals surface area contributed by atoms with Gasteiger partial charge < -0.3 is 9.63 Å². The van der Waals surface area contributed by atoms with Gasteiger partial charge in [-0.3, -0.25) is 4.79 Å². The van der Waals surface area contributed by atoms with Crippen LogP contribution in [0.4, 0.5) is 0 Å². The minimum atomic E-state index is -0.968. The summed E-state index contributed by atoms with van der Waals surface area (Å²) in [5.41, 5.74) is 2.91. The molecule has 0 radical (unpaired) electrons. The minimum Gasteiger partial charge on any atom is -0.478 e. The Morgan fingerprint density at radius 2 is 1.88 bits per heavy atom. The molecule has 2 heterocycles. The average Bonchev–Trinajstić information content (AvgIpc) is 3.31. The van der Waals surface area contributed by atoms with Gasteiger partial charge in [-0.05, 0) is 57.4 Å². The Labute approximate surface area is 154 Å². The number of thiophene rings is 1. The molecule has 0 aliphatic heterocycles. The van der Waals surface area contributed by atoms with Gasteiger partial charge in [0.25, 0.3) is 5.89 Å². The largest absolute Gasteiger partial charge is 0.478 e. The van der Waals surface area contributed by atoms with E-state index in [1.807, 2.05) is 0 Å². The molecule has 0 spiro atoms. The number of carboxylic acid groups (broad SMARTS) is 1. The third kappa shape index (κ3) is 3.00. The van der Waals surface area contributed by atoms with Crippen molar-refractivity contribution >= 4 is 23.1 Å². The molecule has 7 heteroatoms. The fourth-order valence-corrected chi connectivity index (χ4v) is 5.32.